The van der Waals surface area contributed by atoms with Gasteiger partial charge in [0.05, 0.1) is 11.6 Å². The van der Waals surface area contributed by atoms with Gasteiger partial charge in [-0.15, -0.1) is 11.3 Å². The zero-order chi connectivity index (χ0) is 9.97. The molecule has 1 radical (unpaired) electrons. The van der Waals surface area contributed by atoms with Crippen LogP contribution in [0.2, 0.25) is 0 Å². The first-order chi connectivity index (χ1) is 6.85. The minimum atomic E-state index is 0. The average Bonchev–Trinajstić information content (AvgIpc) is 2.61. The number of thiophene rings is 1. The van der Waals surface area contributed by atoms with Crippen molar-refractivity contribution in [3.63, 3.8) is 0 Å². The zero-order valence-corrected chi connectivity index (χ0v) is 9.98. The number of benzene rings is 1. The molecule has 0 fully saturated rings. The van der Waals surface area contributed by atoms with Crippen LogP contribution in [0.1, 0.15) is 17.5 Å². The topological polar surface area (TPSA) is 23.8 Å². The van der Waals surface area contributed by atoms with E-state index in [-0.39, 0.29) is 16.8 Å². The molecule has 2 aromatic rings. The van der Waals surface area contributed by atoms with E-state index in [9.17, 15) is 0 Å². The van der Waals surface area contributed by atoms with Crippen LogP contribution >= 0.6 is 11.3 Å². The smallest absolute Gasteiger partial charge is 0.0991 e. The van der Waals surface area contributed by atoms with Gasteiger partial charge in [0.15, 0.2) is 0 Å². The van der Waals surface area contributed by atoms with Crippen LogP contribution in [0, 0.1) is 18.3 Å². The molecule has 3 heteroatoms. The van der Waals surface area contributed by atoms with E-state index in [1.54, 1.807) is 11.3 Å². The summed E-state index contributed by atoms with van der Waals surface area (Å²) in [6, 6.07) is 8.02. The molecule has 0 N–H and O–H groups in total. The van der Waals surface area contributed by atoms with E-state index in [0.29, 0.717) is 0 Å². The van der Waals surface area contributed by atoms with Crippen molar-refractivity contribution < 1.29 is 16.8 Å². The molecule has 2 rings (SSSR count). The van der Waals surface area contributed by atoms with Gasteiger partial charge in [0.25, 0.3) is 0 Å². The fourth-order valence-electron chi connectivity index (χ4n) is 1.54. The first-order valence-corrected chi connectivity index (χ1v) is 5.42. The number of nitrogens with zero attached hydrogens (tertiary/aromatic N) is 1. The Morgan fingerprint density at radius 2 is 2.20 bits per heavy atom. The Labute approximate surface area is 104 Å². The Kier molecular flexibility index (Phi) is 4.34. The molecular weight excluding hydrogens is 249 g/mol. The normalized spacial score (nSPS) is 9.60. The van der Waals surface area contributed by atoms with Gasteiger partial charge in [-0.3, -0.25) is 0 Å². The summed E-state index contributed by atoms with van der Waals surface area (Å²) in [6.45, 7) is 3.85. The number of hydrogen-bond acceptors (Lipinski definition) is 2. The molecule has 0 atom stereocenters. The minimum absolute atomic E-state index is 0. The molecule has 0 saturated carbocycles. The summed E-state index contributed by atoms with van der Waals surface area (Å²) in [6.07, 6.45) is 1.90. The Balaban J connectivity index is 0.00000112. The molecule has 0 aliphatic rings. The monoisotopic (exact) mass is 259 g/mol. The molecule has 0 spiro atoms. The third-order valence-corrected chi connectivity index (χ3v) is 3.24. The van der Waals surface area contributed by atoms with Crippen LogP contribution in [-0.4, -0.2) is 0 Å². The van der Waals surface area contributed by atoms with Crippen molar-refractivity contribution in [1.82, 2.24) is 0 Å². The van der Waals surface area contributed by atoms with Crippen LogP contribution in [0.4, 0.5) is 0 Å². The van der Waals surface area contributed by atoms with Gasteiger partial charge < -0.3 is 6.92 Å². The molecule has 15 heavy (non-hydrogen) atoms. The zero-order valence-electron chi connectivity index (χ0n) is 8.12. The summed E-state index contributed by atoms with van der Waals surface area (Å²) >= 11 is 1.74. The Bertz CT molecular complexity index is 496. The third-order valence-electron chi connectivity index (χ3n) is 2.23. The molecule has 1 aromatic carbocycles. The maximum atomic E-state index is 8.80. The van der Waals surface area contributed by atoms with E-state index in [2.05, 4.69) is 18.4 Å². The Morgan fingerprint density at radius 1 is 1.40 bits per heavy atom. The first kappa shape index (κ1) is 12.2. The van der Waals surface area contributed by atoms with Crippen LogP contribution in [0.5, 0.6) is 0 Å². The summed E-state index contributed by atoms with van der Waals surface area (Å²) in [5.41, 5.74) is 2.05. The average molecular weight is 259 g/mol. The number of hydrogen-bond donors (Lipinski definition) is 0. The van der Waals surface area contributed by atoms with Gasteiger partial charge in [0, 0.05) is 21.5 Å². The SMILES string of the molecule is [CH2-]CCc1csc2ccc(C#N)cc12.[Co]. The summed E-state index contributed by atoms with van der Waals surface area (Å²) < 4.78 is 1.26. The van der Waals surface area contributed by atoms with Gasteiger partial charge in [0.2, 0.25) is 0 Å². The van der Waals surface area contributed by atoms with E-state index in [4.69, 9.17) is 5.26 Å². The standard InChI is InChI=1S/C12H10NS.Co/c1-2-3-10-8-14-12-5-4-9(7-13)6-11(10)12;/h4-6,8H,1-3H2;/q-1;. The van der Waals surface area contributed by atoms with Crippen molar-refractivity contribution in [2.24, 2.45) is 0 Å². The van der Waals surface area contributed by atoms with Crippen molar-refractivity contribution in [2.75, 3.05) is 0 Å². The van der Waals surface area contributed by atoms with Crippen molar-refractivity contribution in [1.29, 1.82) is 5.26 Å². The molecule has 0 saturated heterocycles. The third kappa shape index (κ3) is 2.40. The Morgan fingerprint density at radius 3 is 2.87 bits per heavy atom. The number of fused-ring (bicyclic) bond motifs is 1. The van der Waals surface area contributed by atoms with Crippen molar-refractivity contribution in [2.45, 2.75) is 12.8 Å². The number of rotatable bonds is 2. The molecule has 0 aliphatic heterocycles. The van der Waals surface area contributed by atoms with E-state index in [0.717, 1.165) is 18.4 Å². The molecule has 0 bridgehead atoms. The van der Waals surface area contributed by atoms with E-state index >= 15 is 0 Å². The predicted molar refractivity (Wildman–Crippen MR) is 60.2 cm³/mol. The second kappa shape index (κ2) is 5.31. The van der Waals surface area contributed by atoms with E-state index in [1.165, 1.54) is 15.6 Å². The van der Waals surface area contributed by atoms with Gasteiger partial charge in [-0.25, -0.2) is 0 Å². The molecule has 1 heterocycles. The molecule has 1 nitrogen and oxygen atoms in total. The fourth-order valence-corrected chi connectivity index (χ4v) is 2.51. The van der Waals surface area contributed by atoms with Crippen molar-refractivity contribution >= 4 is 21.4 Å². The van der Waals surface area contributed by atoms with Crippen LogP contribution in [-0.2, 0) is 23.2 Å². The van der Waals surface area contributed by atoms with E-state index in [1.807, 2.05) is 18.2 Å². The van der Waals surface area contributed by atoms with Gasteiger partial charge >= 0.3 is 0 Å². The van der Waals surface area contributed by atoms with Crippen LogP contribution < -0.4 is 0 Å². The largest absolute Gasteiger partial charge is 0.343 e. The van der Waals surface area contributed by atoms with Gasteiger partial charge in [-0.2, -0.15) is 11.7 Å². The maximum Gasteiger partial charge on any atom is 0.0991 e. The van der Waals surface area contributed by atoms with Gasteiger partial charge in [0.1, 0.15) is 0 Å². The van der Waals surface area contributed by atoms with Crippen molar-refractivity contribution in [3.8, 4) is 6.07 Å². The van der Waals surface area contributed by atoms with Crippen LogP contribution in [0.25, 0.3) is 10.1 Å². The second-order valence-electron chi connectivity index (χ2n) is 3.19. The maximum absolute atomic E-state index is 8.80. The molecule has 0 amide bonds. The van der Waals surface area contributed by atoms with Crippen LogP contribution in [0.15, 0.2) is 23.6 Å². The number of aryl methyl sites for hydroxylation is 1. The Hall–Kier alpha value is -0.824. The first-order valence-electron chi connectivity index (χ1n) is 4.54. The molecule has 0 aliphatic carbocycles. The van der Waals surface area contributed by atoms with E-state index < -0.39 is 0 Å². The second-order valence-corrected chi connectivity index (χ2v) is 4.10. The summed E-state index contributed by atoms with van der Waals surface area (Å²) in [7, 11) is 0. The molecule has 0 unspecified atom stereocenters. The molecule has 1 aromatic heterocycles. The summed E-state index contributed by atoms with van der Waals surface area (Å²) in [5, 5.41) is 12.2. The van der Waals surface area contributed by atoms with Crippen molar-refractivity contribution in [3.05, 3.63) is 41.6 Å². The quantitative estimate of drug-likeness (QED) is 0.757. The summed E-state index contributed by atoms with van der Waals surface area (Å²) in [5.74, 6) is 0. The fraction of sp³-hybridized carbons (Fsp3) is 0.167. The molecular formula is C12H10CoNS-. The van der Waals surface area contributed by atoms with Gasteiger partial charge in [-0.05, 0) is 34.5 Å². The number of nitriles is 1. The minimum Gasteiger partial charge on any atom is -0.343 e. The van der Waals surface area contributed by atoms with Gasteiger partial charge in [-0.1, -0.05) is 6.42 Å². The van der Waals surface area contributed by atoms with Crippen LogP contribution in [0.3, 0.4) is 0 Å². The predicted octanol–water partition coefficient (Wildman–Crippen LogP) is 3.54. The molecule has 79 valence electrons. The summed E-state index contributed by atoms with van der Waals surface area (Å²) in [4.78, 5) is 0.